The number of nitrogens with one attached hydrogen (secondary N) is 1. The lowest BCUT2D eigenvalue weighted by Gasteiger charge is -2.19. The van der Waals surface area contributed by atoms with Crippen LogP contribution in [0.25, 0.3) is 10.9 Å². The van der Waals surface area contributed by atoms with Crippen LogP contribution in [0.5, 0.6) is 0 Å². The number of hydrogen-bond donors (Lipinski definition) is 1. The summed E-state index contributed by atoms with van der Waals surface area (Å²) >= 11 is 0. The highest BCUT2D eigenvalue weighted by atomic mass is 15.2. The quantitative estimate of drug-likeness (QED) is 0.807. The van der Waals surface area contributed by atoms with Crippen LogP contribution in [0.3, 0.4) is 0 Å². The van der Waals surface area contributed by atoms with E-state index in [1.807, 2.05) is 12.1 Å². The lowest BCUT2D eigenvalue weighted by atomic mass is 10.2. The molecule has 0 unspecified atom stereocenters. The summed E-state index contributed by atoms with van der Waals surface area (Å²) in [7, 11) is 2.09. The van der Waals surface area contributed by atoms with E-state index >= 15 is 0 Å². The second kappa shape index (κ2) is 6.53. The monoisotopic (exact) mass is 257 g/mol. The molecule has 0 aliphatic heterocycles. The molecule has 19 heavy (non-hydrogen) atoms. The largest absolute Gasteiger partial charge is 0.358 e. The standard InChI is InChI=1S/C16H23N3/c1-13(2)12-17-10-11-19(3)16-9-8-14-6-4-5-7-15(14)18-16/h4-9,13,17H,10-12H2,1-3H3. The first-order chi connectivity index (χ1) is 9.16. The van der Waals surface area contributed by atoms with Gasteiger partial charge in [-0.25, -0.2) is 4.98 Å². The summed E-state index contributed by atoms with van der Waals surface area (Å²) in [5, 5.41) is 4.65. The van der Waals surface area contributed by atoms with E-state index in [0.717, 1.165) is 31.0 Å². The highest BCUT2D eigenvalue weighted by molar-refractivity contribution is 5.80. The van der Waals surface area contributed by atoms with Gasteiger partial charge in [-0.05, 0) is 30.7 Å². The number of pyridine rings is 1. The van der Waals surface area contributed by atoms with Gasteiger partial charge in [0.05, 0.1) is 5.52 Å². The molecule has 0 radical (unpaired) electrons. The second-order valence-electron chi connectivity index (χ2n) is 5.38. The van der Waals surface area contributed by atoms with Gasteiger partial charge in [-0.2, -0.15) is 0 Å². The number of rotatable bonds is 6. The normalized spacial score (nSPS) is 11.2. The SMILES string of the molecule is CC(C)CNCCN(C)c1ccc2ccccc2n1. The first kappa shape index (κ1) is 13.8. The van der Waals surface area contributed by atoms with E-state index in [9.17, 15) is 0 Å². The molecule has 3 nitrogen and oxygen atoms in total. The highest BCUT2D eigenvalue weighted by Crippen LogP contribution is 2.16. The molecule has 1 N–H and O–H groups in total. The minimum atomic E-state index is 0.698. The zero-order valence-electron chi connectivity index (χ0n) is 12.1. The zero-order chi connectivity index (χ0) is 13.7. The van der Waals surface area contributed by atoms with Crippen molar-refractivity contribution in [2.24, 2.45) is 5.92 Å². The van der Waals surface area contributed by atoms with Crippen LogP contribution in [0.2, 0.25) is 0 Å². The maximum absolute atomic E-state index is 4.69. The summed E-state index contributed by atoms with van der Waals surface area (Å²) in [4.78, 5) is 6.88. The lowest BCUT2D eigenvalue weighted by Crippen LogP contribution is -2.31. The van der Waals surface area contributed by atoms with E-state index in [1.54, 1.807) is 0 Å². The van der Waals surface area contributed by atoms with Crippen molar-refractivity contribution in [1.29, 1.82) is 0 Å². The summed E-state index contributed by atoms with van der Waals surface area (Å²) in [5.41, 5.74) is 1.06. The highest BCUT2D eigenvalue weighted by Gasteiger charge is 2.03. The van der Waals surface area contributed by atoms with E-state index in [-0.39, 0.29) is 0 Å². The van der Waals surface area contributed by atoms with Gasteiger partial charge in [0, 0.05) is 25.5 Å². The minimum absolute atomic E-state index is 0.698. The van der Waals surface area contributed by atoms with Crippen molar-refractivity contribution in [2.45, 2.75) is 13.8 Å². The van der Waals surface area contributed by atoms with Crippen LogP contribution in [-0.2, 0) is 0 Å². The summed E-state index contributed by atoms with van der Waals surface area (Å²) in [6.45, 7) is 7.48. The fraction of sp³-hybridized carbons (Fsp3) is 0.438. The number of nitrogens with zero attached hydrogens (tertiary/aromatic N) is 2. The van der Waals surface area contributed by atoms with Gasteiger partial charge >= 0.3 is 0 Å². The predicted molar refractivity (Wildman–Crippen MR) is 82.7 cm³/mol. The Labute approximate surface area is 115 Å². The van der Waals surface area contributed by atoms with Crippen LogP contribution in [-0.4, -0.2) is 31.7 Å². The van der Waals surface area contributed by atoms with Gasteiger partial charge in [0.25, 0.3) is 0 Å². The van der Waals surface area contributed by atoms with E-state index in [1.165, 1.54) is 5.39 Å². The van der Waals surface area contributed by atoms with Gasteiger partial charge in [0.2, 0.25) is 0 Å². The van der Waals surface area contributed by atoms with E-state index in [2.05, 4.69) is 60.4 Å². The van der Waals surface area contributed by atoms with Crippen molar-refractivity contribution in [2.75, 3.05) is 31.6 Å². The van der Waals surface area contributed by atoms with Crippen molar-refractivity contribution in [3.8, 4) is 0 Å². The van der Waals surface area contributed by atoms with Crippen molar-refractivity contribution >= 4 is 16.7 Å². The Bertz CT molecular complexity index is 522. The fourth-order valence-corrected chi connectivity index (χ4v) is 2.02. The molecule has 0 atom stereocenters. The fourth-order valence-electron chi connectivity index (χ4n) is 2.02. The van der Waals surface area contributed by atoms with Crippen LogP contribution < -0.4 is 10.2 Å². The van der Waals surface area contributed by atoms with E-state index < -0.39 is 0 Å². The first-order valence-corrected chi connectivity index (χ1v) is 6.94. The third-order valence-corrected chi connectivity index (χ3v) is 3.15. The van der Waals surface area contributed by atoms with Gasteiger partial charge in [-0.15, -0.1) is 0 Å². The molecule has 0 spiro atoms. The van der Waals surface area contributed by atoms with Crippen molar-refractivity contribution < 1.29 is 0 Å². The molecule has 1 aromatic carbocycles. The molecule has 3 heteroatoms. The van der Waals surface area contributed by atoms with Gasteiger partial charge < -0.3 is 10.2 Å². The van der Waals surface area contributed by atoms with Crippen LogP contribution in [0, 0.1) is 5.92 Å². The van der Waals surface area contributed by atoms with Crippen molar-refractivity contribution in [3.63, 3.8) is 0 Å². The number of hydrogen-bond acceptors (Lipinski definition) is 3. The summed E-state index contributed by atoms with van der Waals surface area (Å²) in [6.07, 6.45) is 0. The Kier molecular flexibility index (Phi) is 4.74. The molecule has 1 aromatic heterocycles. The molecule has 0 amide bonds. The van der Waals surface area contributed by atoms with Crippen LogP contribution in [0.1, 0.15) is 13.8 Å². The average Bonchev–Trinajstić information content (AvgIpc) is 2.42. The number of likely N-dealkylation sites (N-methyl/N-ethyl adjacent to an activating group) is 1. The molecule has 0 aliphatic carbocycles. The van der Waals surface area contributed by atoms with Crippen LogP contribution in [0.15, 0.2) is 36.4 Å². The lowest BCUT2D eigenvalue weighted by molar-refractivity contribution is 0.554. The molecule has 0 aliphatic rings. The van der Waals surface area contributed by atoms with Gasteiger partial charge in [0.1, 0.15) is 5.82 Å². The number of benzene rings is 1. The predicted octanol–water partition coefficient (Wildman–Crippen LogP) is 2.92. The van der Waals surface area contributed by atoms with Crippen molar-refractivity contribution in [3.05, 3.63) is 36.4 Å². The number of anilines is 1. The molecular formula is C16H23N3. The Hall–Kier alpha value is -1.61. The first-order valence-electron chi connectivity index (χ1n) is 6.94. The molecule has 102 valence electrons. The number of fused-ring (bicyclic) bond motifs is 1. The number of aromatic nitrogens is 1. The molecule has 2 rings (SSSR count). The maximum Gasteiger partial charge on any atom is 0.129 e. The van der Waals surface area contributed by atoms with Crippen LogP contribution >= 0.6 is 0 Å². The third-order valence-electron chi connectivity index (χ3n) is 3.15. The van der Waals surface area contributed by atoms with E-state index in [4.69, 9.17) is 0 Å². The van der Waals surface area contributed by atoms with Crippen molar-refractivity contribution in [1.82, 2.24) is 10.3 Å². The summed E-state index contributed by atoms with van der Waals surface area (Å²) in [6, 6.07) is 12.5. The average molecular weight is 257 g/mol. The Morgan fingerprint density at radius 1 is 1.16 bits per heavy atom. The third kappa shape index (κ3) is 3.93. The van der Waals surface area contributed by atoms with Gasteiger partial charge in [-0.3, -0.25) is 0 Å². The second-order valence-corrected chi connectivity index (χ2v) is 5.38. The maximum atomic E-state index is 4.69. The Balaban J connectivity index is 1.95. The van der Waals surface area contributed by atoms with E-state index in [0.29, 0.717) is 5.92 Å². The molecule has 0 saturated carbocycles. The molecule has 0 saturated heterocycles. The Morgan fingerprint density at radius 2 is 1.95 bits per heavy atom. The molecular weight excluding hydrogens is 234 g/mol. The summed E-state index contributed by atoms with van der Waals surface area (Å²) < 4.78 is 0. The molecule has 0 bridgehead atoms. The smallest absolute Gasteiger partial charge is 0.129 e. The number of para-hydroxylation sites is 1. The van der Waals surface area contributed by atoms with Crippen LogP contribution in [0.4, 0.5) is 5.82 Å². The molecule has 1 heterocycles. The topological polar surface area (TPSA) is 28.2 Å². The van der Waals surface area contributed by atoms with Gasteiger partial charge in [0.15, 0.2) is 0 Å². The minimum Gasteiger partial charge on any atom is -0.358 e. The summed E-state index contributed by atoms with van der Waals surface area (Å²) in [5.74, 6) is 1.73. The molecule has 2 aromatic rings. The van der Waals surface area contributed by atoms with Gasteiger partial charge in [-0.1, -0.05) is 32.0 Å². The Morgan fingerprint density at radius 3 is 2.74 bits per heavy atom. The zero-order valence-corrected chi connectivity index (χ0v) is 12.1. The molecule has 0 fully saturated rings.